The Kier molecular flexibility index (Phi) is 6.52. The normalized spacial score (nSPS) is 11.0. The molecule has 158 valence electrons. The molecule has 0 saturated carbocycles. The maximum Gasteiger partial charge on any atom is 0.264 e. The zero-order valence-corrected chi connectivity index (χ0v) is 17.3. The van der Waals surface area contributed by atoms with Crippen molar-refractivity contribution in [3.8, 4) is 0 Å². The fourth-order valence-electron chi connectivity index (χ4n) is 3.54. The summed E-state index contributed by atoms with van der Waals surface area (Å²) in [5.41, 5.74) is 2.69. The van der Waals surface area contributed by atoms with Gasteiger partial charge in [0.05, 0.1) is 19.3 Å². The molecule has 2 aromatic heterocycles. The Hall–Kier alpha value is -3.74. The minimum Gasteiger partial charge on any atom is -0.354 e. The molecule has 0 atom stereocenters. The van der Waals surface area contributed by atoms with Crippen LogP contribution in [0.2, 0.25) is 0 Å². The van der Waals surface area contributed by atoms with E-state index in [4.69, 9.17) is 0 Å². The van der Waals surface area contributed by atoms with Gasteiger partial charge in [-0.3, -0.25) is 14.2 Å². The molecule has 31 heavy (non-hydrogen) atoms. The number of nitrogens with zero attached hydrogens (tertiary/aromatic N) is 4. The summed E-state index contributed by atoms with van der Waals surface area (Å²) in [4.78, 5) is 29.3. The SMILES string of the molecule is O=C(CCCc1ccccc1)NCCn1ncc2c(=O)n(Cc3ccccc3)cnc21. The number of carbonyl (C=O) groups is 1. The van der Waals surface area contributed by atoms with Crippen molar-refractivity contribution in [2.75, 3.05) is 6.54 Å². The molecule has 2 aromatic carbocycles. The van der Waals surface area contributed by atoms with Crippen molar-refractivity contribution in [1.82, 2.24) is 24.6 Å². The van der Waals surface area contributed by atoms with Crippen LogP contribution in [0.5, 0.6) is 0 Å². The molecule has 7 heteroatoms. The summed E-state index contributed by atoms with van der Waals surface area (Å²) < 4.78 is 3.24. The van der Waals surface area contributed by atoms with Gasteiger partial charge in [-0.15, -0.1) is 0 Å². The van der Waals surface area contributed by atoms with Gasteiger partial charge < -0.3 is 5.32 Å². The number of hydrogen-bond acceptors (Lipinski definition) is 4. The first-order chi connectivity index (χ1) is 15.2. The molecular formula is C24H25N5O2. The van der Waals surface area contributed by atoms with Crippen molar-refractivity contribution >= 4 is 16.9 Å². The summed E-state index contributed by atoms with van der Waals surface area (Å²) in [5.74, 6) is 0.0190. The van der Waals surface area contributed by atoms with Gasteiger partial charge in [-0.05, 0) is 24.0 Å². The molecule has 0 saturated heterocycles. The molecule has 2 heterocycles. The predicted molar refractivity (Wildman–Crippen MR) is 120 cm³/mol. The first kappa shape index (κ1) is 20.5. The summed E-state index contributed by atoms with van der Waals surface area (Å²) in [7, 11) is 0. The number of nitrogens with one attached hydrogen (secondary N) is 1. The summed E-state index contributed by atoms with van der Waals surface area (Å²) in [6, 6.07) is 19.9. The van der Waals surface area contributed by atoms with Gasteiger partial charge in [0, 0.05) is 13.0 Å². The Morgan fingerprint density at radius 3 is 2.42 bits per heavy atom. The van der Waals surface area contributed by atoms with Crippen molar-refractivity contribution < 1.29 is 4.79 Å². The van der Waals surface area contributed by atoms with Crippen LogP contribution in [-0.4, -0.2) is 31.8 Å². The molecule has 1 amide bonds. The number of amides is 1. The first-order valence-electron chi connectivity index (χ1n) is 10.5. The van der Waals surface area contributed by atoms with E-state index in [9.17, 15) is 9.59 Å². The Balaban J connectivity index is 1.30. The van der Waals surface area contributed by atoms with E-state index in [0.717, 1.165) is 18.4 Å². The van der Waals surface area contributed by atoms with Crippen LogP contribution in [0.3, 0.4) is 0 Å². The highest BCUT2D eigenvalue weighted by Crippen LogP contribution is 2.07. The van der Waals surface area contributed by atoms with E-state index in [1.165, 1.54) is 5.56 Å². The van der Waals surface area contributed by atoms with Crippen molar-refractivity contribution in [3.05, 3.63) is 94.7 Å². The molecule has 0 spiro atoms. The van der Waals surface area contributed by atoms with Gasteiger partial charge in [-0.1, -0.05) is 60.7 Å². The number of hydrogen-bond donors (Lipinski definition) is 1. The lowest BCUT2D eigenvalue weighted by Gasteiger charge is -2.08. The summed E-state index contributed by atoms with van der Waals surface area (Å²) in [6.45, 7) is 1.37. The van der Waals surface area contributed by atoms with Crippen LogP contribution in [0.15, 0.2) is 78.0 Å². The highest BCUT2D eigenvalue weighted by Gasteiger charge is 2.11. The molecule has 0 unspecified atom stereocenters. The minimum absolute atomic E-state index is 0.0190. The van der Waals surface area contributed by atoms with E-state index in [2.05, 4.69) is 27.5 Å². The Morgan fingerprint density at radius 1 is 0.968 bits per heavy atom. The second kappa shape index (κ2) is 9.84. The summed E-state index contributed by atoms with van der Waals surface area (Å²) in [5, 5.41) is 7.69. The molecular weight excluding hydrogens is 390 g/mol. The standard InChI is InChI=1S/C24H25N5O2/c30-22(13-7-12-19-8-3-1-4-9-19)25-14-15-29-23-21(16-27-29)24(31)28(18-26-23)17-20-10-5-2-6-11-20/h1-6,8-11,16,18H,7,12-15,17H2,(H,25,30). The van der Waals surface area contributed by atoms with Crippen molar-refractivity contribution in [3.63, 3.8) is 0 Å². The van der Waals surface area contributed by atoms with Gasteiger partial charge in [0.15, 0.2) is 5.65 Å². The quantitative estimate of drug-likeness (QED) is 0.456. The molecule has 0 fully saturated rings. The van der Waals surface area contributed by atoms with Crippen LogP contribution >= 0.6 is 0 Å². The predicted octanol–water partition coefficient (Wildman–Crippen LogP) is 2.78. The van der Waals surface area contributed by atoms with Gasteiger partial charge >= 0.3 is 0 Å². The monoisotopic (exact) mass is 415 g/mol. The third-order valence-corrected chi connectivity index (χ3v) is 5.18. The molecule has 4 rings (SSSR count). The Labute approximate surface area is 180 Å². The van der Waals surface area contributed by atoms with E-state index in [0.29, 0.717) is 37.1 Å². The smallest absolute Gasteiger partial charge is 0.264 e. The lowest BCUT2D eigenvalue weighted by atomic mass is 10.1. The summed E-state index contributed by atoms with van der Waals surface area (Å²) in [6.07, 6.45) is 5.28. The lowest BCUT2D eigenvalue weighted by molar-refractivity contribution is -0.121. The van der Waals surface area contributed by atoms with Crippen LogP contribution < -0.4 is 10.9 Å². The number of benzene rings is 2. The van der Waals surface area contributed by atoms with Crippen molar-refractivity contribution in [2.45, 2.75) is 32.4 Å². The molecule has 0 bridgehead atoms. The Bertz CT molecular complexity index is 1200. The minimum atomic E-state index is -0.120. The first-order valence-corrected chi connectivity index (χ1v) is 10.5. The van der Waals surface area contributed by atoms with Crippen LogP contribution in [0.25, 0.3) is 11.0 Å². The van der Waals surface area contributed by atoms with E-state index in [1.54, 1.807) is 21.8 Å². The summed E-state index contributed by atoms with van der Waals surface area (Å²) >= 11 is 0. The van der Waals surface area contributed by atoms with Gasteiger partial charge in [0.2, 0.25) is 5.91 Å². The van der Waals surface area contributed by atoms with Gasteiger partial charge in [0.1, 0.15) is 11.7 Å². The molecule has 7 nitrogen and oxygen atoms in total. The zero-order valence-electron chi connectivity index (χ0n) is 17.3. The molecule has 4 aromatic rings. The van der Waals surface area contributed by atoms with Gasteiger partial charge in [0.25, 0.3) is 5.56 Å². The highest BCUT2D eigenvalue weighted by atomic mass is 16.1. The average molecular weight is 415 g/mol. The van der Waals surface area contributed by atoms with E-state index >= 15 is 0 Å². The van der Waals surface area contributed by atoms with E-state index < -0.39 is 0 Å². The highest BCUT2D eigenvalue weighted by molar-refractivity contribution is 5.76. The Morgan fingerprint density at radius 2 is 1.68 bits per heavy atom. The number of rotatable bonds is 9. The maximum atomic E-state index is 12.8. The topological polar surface area (TPSA) is 81.8 Å². The average Bonchev–Trinajstić information content (AvgIpc) is 3.21. The third-order valence-electron chi connectivity index (χ3n) is 5.18. The maximum absolute atomic E-state index is 12.8. The van der Waals surface area contributed by atoms with E-state index in [1.807, 2.05) is 48.5 Å². The number of fused-ring (bicyclic) bond motifs is 1. The van der Waals surface area contributed by atoms with Crippen molar-refractivity contribution in [2.24, 2.45) is 0 Å². The molecule has 0 aliphatic carbocycles. The fraction of sp³-hybridized carbons (Fsp3) is 0.250. The zero-order chi connectivity index (χ0) is 21.5. The largest absolute Gasteiger partial charge is 0.354 e. The second-order valence-electron chi connectivity index (χ2n) is 7.46. The van der Waals surface area contributed by atoms with Crippen LogP contribution in [0.4, 0.5) is 0 Å². The molecule has 1 N–H and O–H groups in total. The van der Waals surface area contributed by atoms with Crippen molar-refractivity contribution in [1.29, 1.82) is 0 Å². The van der Waals surface area contributed by atoms with E-state index in [-0.39, 0.29) is 11.5 Å². The second-order valence-corrected chi connectivity index (χ2v) is 7.46. The number of carbonyl (C=O) groups excluding carboxylic acids is 1. The fourth-order valence-corrected chi connectivity index (χ4v) is 3.54. The molecule has 0 aliphatic heterocycles. The molecule has 0 aliphatic rings. The van der Waals surface area contributed by atoms with Gasteiger partial charge in [-0.2, -0.15) is 5.10 Å². The lowest BCUT2D eigenvalue weighted by Crippen LogP contribution is -2.27. The third kappa shape index (κ3) is 5.25. The number of aromatic nitrogens is 4. The van der Waals surface area contributed by atoms with Crippen LogP contribution in [0, 0.1) is 0 Å². The number of aryl methyl sites for hydroxylation is 1. The van der Waals surface area contributed by atoms with Crippen LogP contribution in [0.1, 0.15) is 24.0 Å². The van der Waals surface area contributed by atoms with Gasteiger partial charge in [-0.25, -0.2) is 9.67 Å². The van der Waals surface area contributed by atoms with Crippen LogP contribution in [-0.2, 0) is 24.3 Å². The molecule has 0 radical (unpaired) electrons.